The summed E-state index contributed by atoms with van der Waals surface area (Å²) in [5.41, 5.74) is 16.6. The van der Waals surface area contributed by atoms with Gasteiger partial charge in [-0.25, -0.2) is 0 Å². The first-order valence-electron chi connectivity index (χ1n) is 21.3. The van der Waals surface area contributed by atoms with E-state index in [1.54, 1.807) is 0 Å². The van der Waals surface area contributed by atoms with Gasteiger partial charge in [-0.05, 0) is 115 Å². The first-order chi connectivity index (χ1) is 30.7. The monoisotopic (exact) mass is 788 g/mol. The molecule has 62 heavy (non-hydrogen) atoms. The van der Waals surface area contributed by atoms with E-state index in [4.69, 9.17) is 0 Å². The van der Waals surface area contributed by atoms with Crippen LogP contribution in [0, 0.1) is 0 Å². The van der Waals surface area contributed by atoms with Gasteiger partial charge in [0.2, 0.25) is 0 Å². The van der Waals surface area contributed by atoms with Crippen LogP contribution < -0.4 is 4.90 Å². The number of rotatable bonds is 7. The Labute approximate surface area is 360 Å². The molecule has 0 radical (unpaired) electrons. The van der Waals surface area contributed by atoms with Gasteiger partial charge in [0.1, 0.15) is 0 Å². The van der Waals surface area contributed by atoms with E-state index in [0.29, 0.717) is 0 Å². The summed E-state index contributed by atoms with van der Waals surface area (Å²) in [5.74, 6) is 0. The van der Waals surface area contributed by atoms with Gasteiger partial charge in [-0.3, -0.25) is 0 Å². The fraction of sp³-hybridized carbons (Fsp3) is 0. The molecule has 0 aliphatic rings. The highest BCUT2D eigenvalue weighted by Crippen LogP contribution is 2.42. The fourth-order valence-corrected chi connectivity index (χ4v) is 9.60. The molecular weight excluding hydrogens is 749 g/mol. The third-order valence-corrected chi connectivity index (χ3v) is 12.5. The Morgan fingerprint density at radius 3 is 1.56 bits per heavy atom. The minimum atomic E-state index is 1.09. The highest BCUT2D eigenvalue weighted by atomic mass is 15.1. The Kier molecular flexibility index (Phi) is 8.53. The normalized spacial score (nSPS) is 11.5. The van der Waals surface area contributed by atoms with E-state index in [1.165, 1.54) is 93.4 Å². The average Bonchev–Trinajstić information content (AvgIpc) is 3.69. The van der Waals surface area contributed by atoms with Gasteiger partial charge in [0.05, 0.1) is 16.6 Å². The van der Waals surface area contributed by atoms with Crippen LogP contribution in [0.25, 0.3) is 93.4 Å². The van der Waals surface area contributed by atoms with Gasteiger partial charge < -0.3 is 9.30 Å². The van der Waals surface area contributed by atoms with Crippen LogP contribution in [0.3, 0.4) is 0 Å². The van der Waals surface area contributed by atoms with Crippen molar-refractivity contribution in [1.82, 2.24) is 4.40 Å². The SMILES string of the molecule is c1ccc(-c2cccc(-c3ccc(N(c4ccc(-c5cccc6ccc7c(-c8ccccc8)c8ccccc8n7c56)cc4)c4ccc5c(ccc6ccccc65)c4)cc3)c2)cc1. The van der Waals surface area contributed by atoms with E-state index in [-0.39, 0.29) is 0 Å². The van der Waals surface area contributed by atoms with E-state index in [9.17, 15) is 0 Å². The molecule has 0 unspecified atom stereocenters. The molecule has 0 N–H and O–H groups in total. The second-order valence-corrected chi connectivity index (χ2v) is 16.1. The smallest absolute Gasteiger partial charge is 0.0612 e. The molecule has 2 aromatic heterocycles. The summed E-state index contributed by atoms with van der Waals surface area (Å²) in [6.07, 6.45) is 0. The summed E-state index contributed by atoms with van der Waals surface area (Å²) in [5, 5.41) is 7.45. The van der Waals surface area contributed by atoms with Crippen molar-refractivity contribution in [3.05, 3.63) is 243 Å². The topological polar surface area (TPSA) is 7.65 Å². The van der Waals surface area contributed by atoms with Crippen LogP contribution in [0.4, 0.5) is 17.1 Å². The second kappa shape index (κ2) is 14.8. The second-order valence-electron chi connectivity index (χ2n) is 16.1. The van der Waals surface area contributed by atoms with Crippen LogP contribution in [0.1, 0.15) is 0 Å². The molecule has 0 spiro atoms. The zero-order chi connectivity index (χ0) is 41.0. The molecule has 0 aliphatic carbocycles. The largest absolute Gasteiger partial charge is 0.310 e. The highest BCUT2D eigenvalue weighted by Gasteiger charge is 2.19. The van der Waals surface area contributed by atoms with Crippen molar-refractivity contribution < 1.29 is 0 Å². The lowest BCUT2D eigenvalue weighted by Gasteiger charge is -2.26. The zero-order valence-electron chi connectivity index (χ0n) is 34.0. The van der Waals surface area contributed by atoms with Gasteiger partial charge in [-0.15, -0.1) is 0 Å². The first-order valence-corrected chi connectivity index (χ1v) is 21.3. The first kappa shape index (κ1) is 35.7. The number of hydrogen-bond donors (Lipinski definition) is 0. The standard InChI is InChI=1S/C60H40N2/c1-3-13-41(14-4-1)47-19-11-20-48(39-47)42-27-32-50(33-28-42)61(52-36-37-54-49(40-52)26-25-43-15-7-8-21-53(43)54)51-34-29-44(30-35-51)55-23-12-18-46-31-38-58-59(45-16-5-2-6-17-45)56-22-9-10-24-57(56)62(58)60(46)55/h1-40H. The lowest BCUT2D eigenvalue weighted by atomic mass is 9.98. The van der Waals surface area contributed by atoms with E-state index < -0.39 is 0 Å². The number of hydrogen-bond acceptors (Lipinski definition) is 1. The number of aromatic nitrogens is 1. The number of benzene rings is 10. The minimum absolute atomic E-state index is 1.09. The van der Waals surface area contributed by atoms with Crippen molar-refractivity contribution in [2.45, 2.75) is 0 Å². The van der Waals surface area contributed by atoms with Crippen LogP contribution >= 0.6 is 0 Å². The zero-order valence-corrected chi connectivity index (χ0v) is 34.0. The lowest BCUT2D eigenvalue weighted by molar-refractivity contribution is 1.29. The van der Waals surface area contributed by atoms with Gasteiger partial charge >= 0.3 is 0 Å². The molecule has 12 aromatic rings. The van der Waals surface area contributed by atoms with Crippen molar-refractivity contribution in [2.24, 2.45) is 0 Å². The van der Waals surface area contributed by atoms with Crippen LogP contribution in [0.5, 0.6) is 0 Å². The van der Waals surface area contributed by atoms with Crippen molar-refractivity contribution in [3.63, 3.8) is 0 Å². The van der Waals surface area contributed by atoms with E-state index in [0.717, 1.165) is 17.1 Å². The Morgan fingerprint density at radius 1 is 0.274 bits per heavy atom. The van der Waals surface area contributed by atoms with Crippen LogP contribution in [0.15, 0.2) is 243 Å². The average molecular weight is 789 g/mol. The summed E-state index contributed by atoms with van der Waals surface area (Å²) in [4.78, 5) is 2.38. The number of pyridine rings is 1. The summed E-state index contributed by atoms with van der Waals surface area (Å²) in [7, 11) is 0. The van der Waals surface area contributed by atoms with Crippen LogP contribution in [0.2, 0.25) is 0 Å². The third kappa shape index (κ3) is 6.04. The summed E-state index contributed by atoms with van der Waals surface area (Å²) in [6.45, 7) is 0. The maximum atomic E-state index is 2.47. The van der Waals surface area contributed by atoms with Gasteiger partial charge in [-0.1, -0.05) is 188 Å². The van der Waals surface area contributed by atoms with Gasteiger partial charge in [0, 0.05) is 33.6 Å². The molecule has 2 heteroatoms. The van der Waals surface area contributed by atoms with E-state index >= 15 is 0 Å². The summed E-state index contributed by atoms with van der Waals surface area (Å²) >= 11 is 0. The van der Waals surface area contributed by atoms with Crippen molar-refractivity contribution in [2.75, 3.05) is 4.90 Å². The third-order valence-electron chi connectivity index (χ3n) is 12.5. The molecule has 290 valence electrons. The molecule has 0 saturated heterocycles. The molecule has 10 aromatic carbocycles. The van der Waals surface area contributed by atoms with Crippen molar-refractivity contribution in [1.29, 1.82) is 0 Å². The van der Waals surface area contributed by atoms with Crippen molar-refractivity contribution >= 4 is 65.9 Å². The van der Waals surface area contributed by atoms with Crippen LogP contribution in [-0.4, -0.2) is 4.40 Å². The van der Waals surface area contributed by atoms with E-state index in [1.807, 2.05) is 0 Å². The summed E-state index contributed by atoms with van der Waals surface area (Å²) in [6, 6.07) is 88.4. The molecule has 0 fully saturated rings. The molecular formula is C60H40N2. The predicted octanol–water partition coefficient (Wildman–Crippen LogP) is 16.7. The fourth-order valence-electron chi connectivity index (χ4n) is 9.60. The quantitative estimate of drug-likeness (QED) is 0.146. The molecule has 0 aliphatic heterocycles. The molecule has 2 heterocycles. The highest BCUT2D eigenvalue weighted by molar-refractivity contribution is 6.11. The number of nitrogens with zero attached hydrogens (tertiary/aromatic N) is 2. The predicted molar refractivity (Wildman–Crippen MR) is 264 cm³/mol. The minimum Gasteiger partial charge on any atom is -0.310 e. The lowest BCUT2D eigenvalue weighted by Crippen LogP contribution is -2.10. The van der Waals surface area contributed by atoms with E-state index in [2.05, 4.69) is 252 Å². The summed E-state index contributed by atoms with van der Waals surface area (Å²) < 4.78 is 2.47. The number of anilines is 3. The maximum Gasteiger partial charge on any atom is 0.0612 e. The molecule has 0 amide bonds. The maximum absolute atomic E-state index is 2.47. The number of fused-ring (bicyclic) bond motifs is 8. The van der Waals surface area contributed by atoms with Gasteiger partial charge in [0.15, 0.2) is 0 Å². The van der Waals surface area contributed by atoms with Gasteiger partial charge in [0.25, 0.3) is 0 Å². The molecule has 2 nitrogen and oxygen atoms in total. The van der Waals surface area contributed by atoms with Crippen molar-refractivity contribution in [3.8, 4) is 44.5 Å². The molecule has 0 saturated carbocycles. The molecule has 0 bridgehead atoms. The Morgan fingerprint density at radius 2 is 0.806 bits per heavy atom. The molecule has 12 rings (SSSR count). The van der Waals surface area contributed by atoms with Gasteiger partial charge in [-0.2, -0.15) is 0 Å². The Balaban J connectivity index is 0.987. The molecule has 0 atom stereocenters. The van der Waals surface area contributed by atoms with Crippen LogP contribution in [-0.2, 0) is 0 Å². The Hall–Kier alpha value is -8.20. The Bertz CT molecular complexity index is 3600. The number of para-hydroxylation sites is 2.